The number of fused-ring (bicyclic) bond motifs is 5. The number of hydrogen-bond acceptors (Lipinski definition) is 3. The van der Waals surface area contributed by atoms with E-state index in [-0.39, 0.29) is 5.56 Å². The average molecular weight is 371 g/mol. The van der Waals surface area contributed by atoms with Crippen molar-refractivity contribution in [2.24, 2.45) is 0 Å². The number of aromatic nitrogens is 1. The Morgan fingerprint density at radius 3 is 2.54 bits per heavy atom. The van der Waals surface area contributed by atoms with Gasteiger partial charge in [-0.2, -0.15) is 0 Å². The van der Waals surface area contributed by atoms with E-state index >= 15 is 0 Å². The van der Waals surface area contributed by atoms with Crippen molar-refractivity contribution in [3.05, 3.63) is 77.9 Å². The molecular formula is C23H17NO4. The van der Waals surface area contributed by atoms with Gasteiger partial charge in [0.05, 0.1) is 23.9 Å². The number of aromatic carboxylic acids is 1. The molecule has 0 amide bonds. The topological polar surface area (TPSA) is 71.7 Å². The molecule has 28 heavy (non-hydrogen) atoms. The zero-order chi connectivity index (χ0) is 19.4. The number of aliphatic hydroxyl groups excluding tert-OH is 1. The second kappa shape index (κ2) is 5.97. The fourth-order valence-electron chi connectivity index (χ4n) is 4.10. The third-order valence-corrected chi connectivity index (χ3v) is 5.35. The number of methoxy groups -OCH3 is 1. The Morgan fingerprint density at radius 1 is 1.04 bits per heavy atom. The molecule has 5 rings (SSSR count). The van der Waals surface area contributed by atoms with E-state index in [4.69, 9.17) is 4.74 Å². The summed E-state index contributed by atoms with van der Waals surface area (Å²) in [5.41, 5.74) is 5.42. The molecule has 1 aliphatic rings. The normalized spacial score (nSPS) is 14.7. The van der Waals surface area contributed by atoms with Gasteiger partial charge < -0.3 is 19.5 Å². The Bertz CT molecular complexity index is 1240. The van der Waals surface area contributed by atoms with Gasteiger partial charge in [0.25, 0.3) is 0 Å². The van der Waals surface area contributed by atoms with Crippen molar-refractivity contribution in [1.82, 2.24) is 4.57 Å². The van der Waals surface area contributed by atoms with E-state index in [1.54, 1.807) is 19.2 Å². The lowest BCUT2D eigenvalue weighted by Gasteiger charge is -2.11. The van der Waals surface area contributed by atoms with E-state index in [9.17, 15) is 15.0 Å². The minimum absolute atomic E-state index is 0.188. The minimum atomic E-state index is -0.995. The van der Waals surface area contributed by atoms with Crippen molar-refractivity contribution in [3.8, 4) is 28.1 Å². The third-order valence-electron chi connectivity index (χ3n) is 5.35. The highest BCUT2D eigenvalue weighted by atomic mass is 16.5. The van der Waals surface area contributed by atoms with E-state index in [1.165, 1.54) is 0 Å². The summed E-state index contributed by atoms with van der Waals surface area (Å²) in [4.78, 5) is 11.5. The van der Waals surface area contributed by atoms with Crippen LogP contribution in [-0.4, -0.2) is 27.9 Å². The summed E-state index contributed by atoms with van der Waals surface area (Å²) in [6, 6.07) is 20.6. The molecule has 1 atom stereocenters. The number of nitrogens with zero attached hydrogens (tertiary/aromatic N) is 1. The van der Waals surface area contributed by atoms with Crippen LogP contribution in [-0.2, 0) is 0 Å². The van der Waals surface area contributed by atoms with Gasteiger partial charge in [-0.15, -0.1) is 0 Å². The summed E-state index contributed by atoms with van der Waals surface area (Å²) in [5, 5.41) is 21.4. The van der Waals surface area contributed by atoms with Gasteiger partial charge in [-0.25, -0.2) is 4.79 Å². The Labute approximate surface area is 161 Å². The molecule has 0 saturated carbocycles. The molecule has 0 saturated heterocycles. The lowest BCUT2D eigenvalue weighted by molar-refractivity contribution is 0.0697. The molecule has 4 aromatic rings. The molecule has 0 bridgehead atoms. The molecule has 5 nitrogen and oxygen atoms in total. The Balaban J connectivity index is 1.90. The van der Waals surface area contributed by atoms with E-state index in [0.29, 0.717) is 11.3 Å². The molecule has 2 N–H and O–H groups in total. The van der Waals surface area contributed by atoms with Gasteiger partial charge >= 0.3 is 5.97 Å². The first kappa shape index (κ1) is 16.6. The summed E-state index contributed by atoms with van der Waals surface area (Å²) >= 11 is 0. The summed E-state index contributed by atoms with van der Waals surface area (Å²) in [6.45, 7) is 0. The summed E-state index contributed by atoms with van der Waals surface area (Å²) < 4.78 is 7.13. The SMILES string of the molecule is COc1ccc2c(c1)C(O)n1c-2c(-c2ccccc2)c2ccc(C(=O)O)cc21. The molecule has 0 spiro atoms. The number of carboxylic acid groups (broad SMARTS) is 1. The summed E-state index contributed by atoms with van der Waals surface area (Å²) in [6.07, 6.45) is -0.913. The number of rotatable bonds is 3. The lowest BCUT2D eigenvalue weighted by atomic mass is 9.96. The fraction of sp³-hybridized carbons (Fsp3) is 0.0870. The molecule has 0 fully saturated rings. The van der Waals surface area contributed by atoms with E-state index in [2.05, 4.69) is 0 Å². The van der Waals surface area contributed by atoms with Gasteiger partial charge in [0.2, 0.25) is 0 Å². The predicted octanol–water partition coefficient (Wildman–Crippen LogP) is 4.53. The second-order valence-corrected chi connectivity index (χ2v) is 6.82. The maximum atomic E-state index is 11.5. The molecular weight excluding hydrogens is 354 g/mol. The van der Waals surface area contributed by atoms with Crippen LogP contribution in [0.1, 0.15) is 22.1 Å². The molecule has 1 aliphatic heterocycles. The van der Waals surface area contributed by atoms with Crippen LogP contribution < -0.4 is 4.74 Å². The molecule has 5 heteroatoms. The van der Waals surface area contributed by atoms with Gasteiger partial charge in [0.1, 0.15) is 5.75 Å². The van der Waals surface area contributed by atoms with Crippen LogP contribution in [0.25, 0.3) is 33.3 Å². The smallest absolute Gasteiger partial charge is 0.335 e. The van der Waals surface area contributed by atoms with Crippen LogP contribution >= 0.6 is 0 Å². The lowest BCUT2D eigenvalue weighted by Crippen LogP contribution is -2.05. The zero-order valence-electron chi connectivity index (χ0n) is 15.1. The molecule has 0 radical (unpaired) electrons. The molecule has 1 aromatic heterocycles. The van der Waals surface area contributed by atoms with E-state index < -0.39 is 12.2 Å². The van der Waals surface area contributed by atoms with Crippen LogP contribution in [0.15, 0.2) is 66.7 Å². The summed E-state index contributed by atoms with van der Waals surface area (Å²) in [5.74, 6) is -0.328. The third kappa shape index (κ3) is 2.20. The van der Waals surface area contributed by atoms with E-state index in [0.717, 1.165) is 33.3 Å². The van der Waals surface area contributed by atoms with Crippen molar-refractivity contribution >= 4 is 16.9 Å². The number of ether oxygens (including phenoxy) is 1. The number of benzene rings is 3. The van der Waals surface area contributed by atoms with Crippen molar-refractivity contribution in [2.45, 2.75) is 6.23 Å². The van der Waals surface area contributed by atoms with Gasteiger partial charge in [-0.1, -0.05) is 36.4 Å². The quantitative estimate of drug-likeness (QED) is 0.555. The maximum Gasteiger partial charge on any atom is 0.335 e. The fourth-order valence-corrected chi connectivity index (χ4v) is 4.10. The number of hydrogen-bond donors (Lipinski definition) is 2. The number of aliphatic hydroxyl groups is 1. The zero-order valence-corrected chi connectivity index (χ0v) is 15.1. The van der Waals surface area contributed by atoms with Gasteiger partial charge in [-0.3, -0.25) is 0 Å². The highest BCUT2D eigenvalue weighted by Crippen LogP contribution is 2.50. The van der Waals surface area contributed by atoms with Crippen LogP contribution in [0, 0.1) is 0 Å². The second-order valence-electron chi connectivity index (χ2n) is 6.82. The standard InChI is InChI=1S/C23H17NO4/c1-28-15-8-10-16-18(12-15)22(25)24-19-11-14(23(26)27)7-9-17(19)20(21(16)24)13-5-3-2-4-6-13/h2-12,22,25H,1H3,(H,26,27). The summed E-state index contributed by atoms with van der Waals surface area (Å²) in [7, 11) is 1.59. The molecule has 1 unspecified atom stereocenters. The minimum Gasteiger partial charge on any atom is -0.497 e. The van der Waals surface area contributed by atoms with Crippen LogP contribution in [0.3, 0.4) is 0 Å². The molecule has 3 aromatic carbocycles. The van der Waals surface area contributed by atoms with Crippen molar-refractivity contribution < 1.29 is 19.7 Å². The van der Waals surface area contributed by atoms with Gasteiger partial charge in [0.15, 0.2) is 6.23 Å². The average Bonchev–Trinajstić information content (AvgIpc) is 3.21. The predicted molar refractivity (Wildman–Crippen MR) is 107 cm³/mol. The van der Waals surface area contributed by atoms with Crippen molar-refractivity contribution in [2.75, 3.05) is 7.11 Å². The Kier molecular flexibility index (Phi) is 3.54. The first-order chi connectivity index (χ1) is 13.6. The van der Waals surface area contributed by atoms with E-state index in [1.807, 2.05) is 59.2 Å². The highest BCUT2D eigenvalue weighted by molar-refractivity contribution is 6.08. The van der Waals surface area contributed by atoms with Gasteiger partial charge in [-0.05, 0) is 35.9 Å². The molecule has 138 valence electrons. The Morgan fingerprint density at radius 2 is 1.82 bits per heavy atom. The first-order valence-electron chi connectivity index (χ1n) is 8.93. The van der Waals surface area contributed by atoms with Crippen LogP contribution in [0.2, 0.25) is 0 Å². The number of carbonyl (C=O) groups is 1. The molecule has 2 heterocycles. The number of carboxylic acids is 1. The Hall–Kier alpha value is -3.57. The largest absolute Gasteiger partial charge is 0.497 e. The monoisotopic (exact) mass is 371 g/mol. The van der Waals surface area contributed by atoms with Crippen molar-refractivity contribution in [3.63, 3.8) is 0 Å². The van der Waals surface area contributed by atoms with Crippen molar-refractivity contribution in [1.29, 1.82) is 0 Å². The van der Waals surface area contributed by atoms with Gasteiger partial charge in [0, 0.05) is 22.1 Å². The first-order valence-corrected chi connectivity index (χ1v) is 8.93. The molecule has 0 aliphatic carbocycles. The highest BCUT2D eigenvalue weighted by Gasteiger charge is 2.33. The van der Waals surface area contributed by atoms with Crippen LogP contribution in [0.4, 0.5) is 0 Å². The van der Waals surface area contributed by atoms with Crippen LogP contribution in [0.5, 0.6) is 5.75 Å². The maximum absolute atomic E-state index is 11.5.